The van der Waals surface area contributed by atoms with Crippen LogP contribution in [0, 0.1) is 5.41 Å². The second-order valence-electron chi connectivity index (χ2n) is 5.29. The minimum Gasteiger partial charge on any atom is -0.463 e. The number of esters is 1. The van der Waals surface area contributed by atoms with Gasteiger partial charge >= 0.3 is 5.97 Å². The molecule has 1 aliphatic carbocycles. The van der Waals surface area contributed by atoms with Crippen molar-refractivity contribution in [2.24, 2.45) is 5.41 Å². The fourth-order valence-electron chi connectivity index (χ4n) is 2.07. The molecule has 4 heteroatoms. The molecule has 0 bridgehead atoms. The number of cyclic esters (lactones) is 1. The maximum atomic E-state index is 11.2. The Balaban J connectivity index is 1.77. The smallest absolute Gasteiger partial charge is 0.320 e. The van der Waals surface area contributed by atoms with Gasteiger partial charge < -0.3 is 9.47 Å². The van der Waals surface area contributed by atoms with Crippen LogP contribution in [0.15, 0.2) is 0 Å². The van der Waals surface area contributed by atoms with Crippen molar-refractivity contribution >= 4 is 5.97 Å². The van der Waals surface area contributed by atoms with Crippen molar-refractivity contribution in [2.45, 2.75) is 32.8 Å². The van der Waals surface area contributed by atoms with Crippen LogP contribution in [-0.4, -0.2) is 49.8 Å². The van der Waals surface area contributed by atoms with E-state index in [9.17, 15) is 4.79 Å². The summed E-state index contributed by atoms with van der Waals surface area (Å²) < 4.78 is 10.6. The number of carbonyl (C=O) groups is 1. The quantitative estimate of drug-likeness (QED) is 0.658. The first-order chi connectivity index (χ1) is 7.60. The van der Waals surface area contributed by atoms with Gasteiger partial charge in [-0.25, -0.2) is 0 Å². The fourth-order valence-corrected chi connectivity index (χ4v) is 2.07. The van der Waals surface area contributed by atoms with Gasteiger partial charge in [0.1, 0.15) is 6.61 Å². The first-order valence-corrected chi connectivity index (χ1v) is 6.09. The third kappa shape index (κ3) is 3.19. The van der Waals surface area contributed by atoms with Crippen LogP contribution in [-0.2, 0) is 14.3 Å². The lowest BCUT2D eigenvalue weighted by Crippen LogP contribution is -2.43. The number of nitrogens with zero attached hydrogens (tertiary/aromatic N) is 1. The zero-order chi connectivity index (χ0) is 11.6. The fraction of sp³-hybridized carbons (Fsp3) is 0.917. The predicted octanol–water partition coefficient (Wildman–Crippen LogP) is 1.05. The van der Waals surface area contributed by atoms with E-state index in [1.54, 1.807) is 0 Å². The number of hydrogen-bond donors (Lipinski definition) is 0. The summed E-state index contributed by atoms with van der Waals surface area (Å²) in [5, 5.41) is 0. The van der Waals surface area contributed by atoms with Crippen LogP contribution in [0.25, 0.3) is 0 Å². The molecule has 16 heavy (non-hydrogen) atoms. The largest absolute Gasteiger partial charge is 0.463 e. The topological polar surface area (TPSA) is 38.8 Å². The van der Waals surface area contributed by atoms with Crippen LogP contribution in [0.1, 0.15) is 26.7 Å². The highest BCUT2D eigenvalue weighted by atomic mass is 16.5. The highest BCUT2D eigenvalue weighted by Gasteiger charge is 2.44. The normalized spacial score (nSPS) is 24.6. The maximum absolute atomic E-state index is 11.2. The summed E-state index contributed by atoms with van der Waals surface area (Å²) in [4.78, 5) is 13.3. The Morgan fingerprint density at radius 2 is 2.25 bits per heavy atom. The third-order valence-electron chi connectivity index (χ3n) is 3.26. The van der Waals surface area contributed by atoms with Crippen molar-refractivity contribution in [1.82, 2.24) is 4.90 Å². The number of morpholine rings is 1. The summed E-state index contributed by atoms with van der Waals surface area (Å²) >= 11 is 0. The Morgan fingerprint density at radius 3 is 2.81 bits per heavy atom. The van der Waals surface area contributed by atoms with Crippen molar-refractivity contribution < 1.29 is 14.3 Å². The van der Waals surface area contributed by atoms with Crippen LogP contribution in [0.2, 0.25) is 0 Å². The van der Waals surface area contributed by atoms with Crippen molar-refractivity contribution in [3.63, 3.8) is 0 Å². The first kappa shape index (κ1) is 11.9. The Labute approximate surface area is 96.9 Å². The SMILES string of the molecule is CC(C)OCC1(CN2CCOC(=O)C2)CC1. The highest BCUT2D eigenvalue weighted by molar-refractivity contribution is 5.72. The average molecular weight is 227 g/mol. The molecule has 1 heterocycles. The molecule has 0 N–H and O–H groups in total. The molecule has 0 aromatic heterocycles. The molecule has 1 saturated heterocycles. The van der Waals surface area contributed by atoms with Gasteiger partial charge in [0.2, 0.25) is 0 Å². The number of ether oxygens (including phenoxy) is 2. The van der Waals surface area contributed by atoms with E-state index in [1.807, 2.05) is 0 Å². The number of carbonyl (C=O) groups excluding carboxylic acids is 1. The molecule has 1 saturated carbocycles. The predicted molar refractivity (Wildman–Crippen MR) is 60.2 cm³/mol. The summed E-state index contributed by atoms with van der Waals surface area (Å²) in [6.45, 7) is 7.80. The van der Waals surface area contributed by atoms with E-state index in [0.717, 1.165) is 19.7 Å². The first-order valence-electron chi connectivity index (χ1n) is 6.09. The summed E-state index contributed by atoms with van der Waals surface area (Å²) in [5.74, 6) is -0.0909. The van der Waals surface area contributed by atoms with E-state index in [2.05, 4.69) is 18.7 Å². The Bertz CT molecular complexity index is 261. The van der Waals surface area contributed by atoms with Gasteiger partial charge in [0.15, 0.2) is 0 Å². The lowest BCUT2D eigenvalue weighted by Gasteiger charge is -2.29. The van der Waals surface area contributed by atoms with E-state index < -0.39 is 0 Å². The summed E-state index contributed by atoms with van der Waals surface area (Å²) in [6, 6.07) is 0. The molecule has 2 fully saturated rings. The Hall–Kier alpha value is -0.610. The van der Waals surface area contributed by atoms with E-state index in [4.69, 9.17) is 9.47 Å². The second kappa shape index (κ2) is 4.72. The van der Waals surface area contributed by atoms with Gasteiger partial charge in [-0.1, -0.05) is 0 Å². The van der Waals surface area contributed by atoms with Crippen molar-refractivity contribution in [2.75, 3.05) is 32.8 Å². The molecule has 4 nitrogen and oxygen atoms in total. The van der Waals surface area contributed by atoms with E-state index >= 15 is 0 Å². The molecule has 0 atom stereocenters. The summed E-state index contributed by atoms with van der Waals surface area (Å²) in [7, 11) is 0. The van der Waals surface area contributed by atoms with Crippen molar-refractivity contribution in [3.8, 4) is 0 Å². The number of rotatable bonds is 5. The third-order valence-corrected chi connectivity index (χ3v) is 3.26. The monoisotopic (exact) mass is 227 g/mol. The van der Waals surface area contributed by atoms with Gasteiger partial charge in [0, 0.05) is 18.5 Å². The lowest BCUT2D eigenvalue weighted by molar-refractivity contribution is -0.151. The minimum absolute atomic E-state index is 0.0909. The van der Waals surface area contributed by atoms with Crippen LogP contribution in [0.3, 0.4) is 0 Å². The molecular weight excluding hydrogens is 206 g/mol. The zero-order valence-electron chi connectivity index (χ0n) is 10.2. The van der Waals surface area contributed by atoms with Crippen LogP contribution in [0.4, 0.5) is 0 Å². The van der Waals surface area contributed by atoms with Gasteiger partial charge in [-0.15, -0.1) is 0 Å². The average Bonchev–Trinajstić information content (AvgIpc) is 2.96. The standard InChI is InChI=1S/C12H21NO3/c1-10(2)16-9-12(3-4-12)8-13-5-6-15-11(14)7-13/h10H,3-9H2,1-2H3. The molecule has 0 radical (unpaired) electrons. The van der Waals surface area contributed by atoms with E-state index in [0.29, 0.717) is 24.7 Å². The van der Waals surface area contributed by atoms with Gasteiger partial charge in [0.25, 0.3) is 0 Å². The van der Waals surface area contributed by atoms with Gasteiger partial charge in [0.05, 0.1) is 19.3 Å². The molecule has 0 aromatic rings. The molecular formula is C12H21NO3. The van der Waals surface area contributed by atoms with Gasteiger partial charge in [-0.05, 0) is 26.7 Å². The summed E-state index contributed by atoms with van der Waals surface area (Å²) in [6.07, 6.45) is 2.75. The molecule has 0 amide bonds. The molecule has 0 aromatic carbocycles. The van der Waals surface area contributed by atoms with E-state index in [1.165, 1.54) is 12.8 Å². The van der Waals surface area contributed by atoms with Gasteiger partial charge in [-0.3, -0.25) is 9.69 Å². The molecule has 0 unspecified atom stereocenters. The van der Waals surface area contributed by atoms with Crippen LogP contribution < -0.4 is 0 Å². The Kier molecular flexibility index (Phi) is 3.50. The number of hydrogen-bond acceptors (Lipinski definition) is 4. The van der Waals surface area contributed by atoms with Crippen molar-refractivity contribution in [1.29, 1.82) is 0 Å². The highest BCUT2D eigenvalue weighted by Crippen LogP contribution is 2.46. The molecule has 2 rings (SSSR count). The molecule has 1 aliphatic heterocycles. The lowest BCUT2D eigenvalue weighted by atomic mass is 10.1. The Morgan fingerprint density at radius 1 is 1.50 bits per heavy atom. The second-order valence-corrected chi connectivity index (χ2v) is 5.29. The summed E-state index contributed by atoms with van der Waals surface area (Å²) in [5.41, 5.74) is 0.321. The zero-order valence-corrected chi connectivity index (χ0v) is 10.2. The molecule has 2 aliphatic rings. The van der Waals surface area contributed by atoms with Crippen molar-refractivity contribution in [3.05, 3.63) is 0 Å². The molecule has 92 valence electrons. The van der Waals surface area contributed by atoms with Gasteiger partial charge in [-0.2, -0.15) is 0 Å². The molecule has 0 spiro atoms. The van der Waals surface area contributed by atoms with Crippen LogP contribution in [0.5, 0.6) is 0 Å². The van der Waals surface area contributed by atoms with E-state index in [-0.39, 0.29) is 5.97 Å². The van der Waals surface area contributed by atoms with Crippen LogP contribution >= 0.6 is 0 Å². The maximum Gasteiger partial charge on any atom is 0.320 e. The minimum atomic E-state index is -0.0909.